The number of halogens is 2. The lowest BCUT2D eigenvalue weighted by molar-refractivity contribution is -0.145. The van der Waals surface area contributed by atoms with Gasteiger partial charge in [-0.25, -0.2) is 31.5 Å². The number of aromatic nitrogens is 2. The molecule has 0 unspecified atom stereocenters. The molecular formula is C13H18F2N4O2S. The molecule has 0 N–H and O–H groups in total. The number of nitrogens with zero attached hydrogens (tertiary/aromatic N) is 4. The van der Waals surface area contributed by atoms with Gasteiger partial charge >= 0.3 is 0 Å². The van der Waals surface area contributed by atoms with Gasteiger partial charge in [0.05, 0.1) is 11.7 Å². The average Bonchev–Trinajstić information content (AvgIpc) is 2.88. The van der Waals surface area contributed by atoms with Gasteiger partial charge in [0.2, 0.25) is 16.0 Å². The lowest BCUT2D eigenvalue weighted by Gasteiger charge is -2.44. The average molecular weight is 332 g/mol. The molecule has 0 radical (unpaired) electrons. The summed E-state index contributed by atoms with van der Waals surface area (Å²) in [5, 5.41) is 0. The lowest BCUT2D eigenvalue weighted by atomic mass is 9.76. The molecule has 0 amide bonds. The molecule has 6 nitrogen and oxygen atoms in total. The number of sulfonamides is 1. The highest BCUT2D eigenvalue weighted by molar-refractivity contribution is 7.88. The molecule has 2 aliphatic heterocycles. The number of hydrogen-bond donors (Lipinski definition) is 0. The Hall–Kier alpha value is -1.35. The summed E-state index contributed by atoms with van der Waals surface area (Å²) >= 11 is 0. The van der Waals surface area contributed by atoms with Crippen LogP contribution in [0.25, 0.3) is 0 Å². The summed E-state index contributed by atoms with van der Waals surface area (Å²) in [6.07, 6.45) is 3.98. The van der Waals surface area contributed by atoms with Crippen molar-refractivity contribution in [3.8, 4) is 0 Å². The SMILES string of the molecule is CS(=O)(=O)N1CCC(F)(F)[C@]2(CCN(c3ncccn3)C2)C1. The maximum absolute atomic E-state index is 14.5. The van der Waals surface area contributed by atoms with Gasteiger partial charge in [0.1, 0.15) is 0 Å². The minimum atomic E-state index is -3.47. The van der Waals surface area contributed by atoms with Gasteiger partial charge in [0.25, 0.3) is 5.92 Å². The van der Waals surface area contributed by atoms with Crippen LogP contribution in [-0.2, 0) is 10.0 Å². The van der Waals surface area contributed by atoms with Crippen molar-refractivity contribution in [3.05, 3.63) is 18.5 Å². The first-order valence-electron chi connectivity index (χ1n) is 7.09. The molecule has 0 aromatic carbocycles. The number of hydrogen-bond acceptors (Lipinski definition) is 5. The topological polar surface area (TPSA) is 66.4 Å². The second-order valence-corrected chi connectivity index (χ2v) is 8.03. The number of alkyl halides is 2. The van der Waals surface area contributed by atoms with Crippen molar-refractivity contribution < 1.29 is 17.2 Å². The zero-order valence-corrected chi connectivity index (χ0v) is 13.1. The molecule has 1 spiro atoms. The van der Waals surface area contributed by atoms with Crippen LogP contribution >= 0.6 is 0 Å². The van der Waals surface area contributed by atoms with E-state index in [9.17, 15) is 17.2 Å². The van der Waals surface area contributed by atoms with Crippen LogP contribution in [-0.4, -0.2) is 61.0 Å². The molecule has 0 saturated carbocycles. The van der Waals surface area contributed by atoms with Crippen molar-refractivity contribution in [2.75, 3.05) is 37.3 Å². The zero-order chi connectivity index (χ0) is 16.0. The molecule has 122 valence electrons. The molecule has 1 atom stereocenters. The van der Waals surface area contributed by atoms with Crippen LogP contribution in [0.5, 0.6) is 0 Å². The Morgan fingerprint density at radius 2 is 1.82 bits per heavy atom. The fraction of sp³-hybridized carbons (Fsp3) is 0.692. The molecule has 3 rings (SSSR count). The number of rotatable bonds is 2. The third-order valence-electron chi connectivity index (χ3n) is 4.59. The summed E-state index contributed by atoms with van der Waals surface area (Å²) in [5.41, 5.74) is -1.37. The van der Waals surface area contributed by atoms with Gasteiger partial charge in [-0.2, -0.15) is 0 Å². The second kappa shape index (κ2) is 5.09. The van der Waals surface area contributed by atoms with Gasteiger partial charge in [0, 0.05) is 45.0 Å². The Morgan fingerprint density at radius 3 is 2.45 bits per heavy atom. The minimum Gasteiger partial charge on any atom is -0.340 e. The van der Waals surface area contributed by atoms with Crippen LogP contribution in [0.3, 0.4) is 0 Å². The molecule has 0 aliphatic carbocycles. The van der Waals surface area contributed by atoms with Crippen molar-refractivity contribution in [3.63, 3.8) is 0 Å². The smallest absolute Gasteiger partial charge is 0.257 e. The second-order valence-electron chi connectivity index (χ2n) is 6.05. The molecule has 1 aromatic rings. The van der Waals surface area contributed by atoms with Gasteiger partial charge in [-0.15, -0.1) is 0 Å². The van der Waals surface area contributed by atoms with Gasteiger partial charge in [-0.05, 0) is 12.5 Å². The van der Waals surface area contributed by atoms with E-state index < -0.39 is 27.8 Å². The highest BCUT2D eigenvalue weighted by Gasteiger charge is 2.60. The first-order chi connectivity index (χ1) is 10.2. The first-order valence-corrected chi connectivity index (χ1v) is 8.93. The Labute approximate surface area is 128 Å². The summed E-state index contributed by atoms with van der Waals surface area (Å²) in [6.45, 7) is 0.185. The maximum Gasteiger partial charge on any atom is 0.257 e. The summed E-state index contributed by atoms with van der Waals surface area (Å²) in [6, 6.07) is 1.66. The largest absolute Gasteiger partial charge is 0.340 e. The Bertz CT molecular complexity index is 655. The molecule has 2 fully saturated rings. The normalized spacial score (nSPS) is 29.1. The van der Waals surface area contributed by atoms with E-state index in [0.29, 0.717) is 12.5 Å². The van der Waals surface area contributed by atoms with Gasteiger partial charge in [0.15, 0.2) is 0 Å². The Kier molecular flexibility index (Phi) is 3.59. The number of anilines is 1. The highest BCUT2D eigenvalue weighted by Crippen LogP contribution is 2.50. The molecule has 0 bridgehead atoms. The monoisotopic (exact) mass is 332 g/mol. The molecule has 9 heteroatoms. The molecule has 2 saturated heterocycles. The van der Waals surface area contributed by atoms with E-state index >= 15 is 0 Å². The van der Waals surface area contributed by atoms with Gasteiger partial charge < -0.3 is 4.90 Å². The zero-order valence-electron chi connectivity index (χ0n) is 12.2. The Balaban J connectivity index is 1.87. The van der Waals surface area contributed by atoms with Crippen molar-refractivity contribution in [2.24, 2.45) is 5.41 Å². The molecule has 1 aromatic heterocycles. The molecular weight excluding hydrogens is 314 g/mol. The van der Waals surface area contributed by atoms with Gasteiger partial charge in [-0.3, -0.25) is 0 Å². The highest BCUT2D eigenvalue weighted by atomic mass is 32.2. The summed E-state index contributed by atoms with van der Waals surface area (Å²) in [4.78, 5) is 9.89. The molecule has 3 heterocycles. The molecule has 2 aliphatic rings. The summed E-state index contributed by atoms with van der Waals surface area (Å²) in [5.74, 6) is -2.48. The predicted octanol–water partition coefficient (Wildman–Crippen LogP) is 0.974. The number of piperidine rings is 1. The third-order valence-corrected chi connectivity index (χ3v) is 5.84. The minimum absolute atomic E-state index is 0.0655. The Morgan fingerprint density at radius 1 is 1.14 bits per heavy atom. The van der Waals surface area contributed by atoms with E-state index in [1.165, 1.54) is 4.31 Å². The third kappa shape index (κ3) is 2.56. The van der Waals surface area contributed by atoms with Crippen LogP contribution in [0.2, 0.25) is 0 Å². The van der Waals surface area contributed by atoms with E-state index in [-0.39, 0.29) is 26.1 Å². The van der Waals surface area contributed by atoms with Crippen LogP contribution in [0, 0.1) is 5.41 Å². The van der Waals surface area contributed by atoms with Crippen LogP contribution in [0.1, 0.15) is 12.8 Å². The predicted molar refractivity (Wildman–Crippen MR) is 77.3 cm³/mol. The van der Waals surface area contributed by atoms with Crippen molar-refractivity contribution in [1.82, 2.24) is 14.3 Å². The van der Waals surface area contributed by atoms with Crippen LogP contribution in [0.4, 0.5) is 14.7 Å². The van der Waals surface area contributed by atoms with E-state index in [1.54, 1.807) is 23.4 Å². The van der Waals surface area contributed by atoms with E-state index in [4.69, 9.17) is 0 Å². The van der Waals surface area contributed by atoms with Crippen molar-refractivity contribution in [1.29, 1.82) is 0 Å². The first kappa shape index (κ1) is 15.5. The van der Waals surface area contributed by atoms with Crippen molar-refractivity contribution >= 4 is 16.0 Å². The van der Waals surface area contributed by atoms with Crippen LogP contribution in [0.15, 0.2) is 18.5 Å². The van der Waals surface area contributed by atoms with E-state index in [1.807, 2.05) is 0 Å². The fourth-order valence-electron chi connectivity index (χ4n) is 3.27. The standard InChI is InChI=1S/C13H18F2N4O2S/c1-22(20,21)19-8-4-13(14,15)12(10-19)3-7-18(9-12)11-16-5-2-6-17-11/h2,5-6H,3-4,7-10H2,1H3/t12-/m0/s1. The molecule has 22 heavy (non-hydrogen) atoms. The quantitative estimate of drug-likeness (QED) is 0.807. The fourth-order valence-corrected chi connectivity index (χ4v) is 4.18. The summed E-state index contributed by atoms with van der Waals surface area (Å²) < 4.78 is 53.7. The maximum atomic E-state index is 14.5. The summed E-state index contributed by atoms with van der Waals surface area (Å²) in [7, 11) is -3.47. The van der Waals surface area contributed by atoms with Crippen LogP contribution < -0.4 is 4.90 Å². The van der Waals surface area contributed by atoms with Gasteiger partial charge in [-0.1, -0.05) is 0 Å². The van der Waals surface area contributed by atoms with Crippen molar-refractivity contribution in [2.45, 2.75) is 18.8 Å². The van der Waals surface area contributed by atoms with E-state index in [0.717, 1.165) is 6.26 Å². The lowest BCUT2D eigenvalue weighted by Crippen LogP contribution is -2.58. The van der Waals surface area contributed by atoms with E-state index in [2.05, 4.69) is 9.97 Å².